The van der Waals surface area contributed by atoms with Crippen LogP contribution in [0.1, 0.15) is 6.92 Å². The second kappa shape index (κ2) is 5.23. The minimum Gasteiger partial charge on any atom is -0.379 e. The van der Waals surface area contributed by atoms with Crippen LogP contribution >= 0.6 is 0 Å². The van der Waals surface area contributed by atoms with E-state index in [2.05, 4.69) is 20.8 Å². The van der Waals surface area contributed by atoms with Gasteiger partial charge in [-0.15, -0.1) is 5.10 Å². The van der Waals surface area contributed by atoms with Gasteiger partial charge in [0.05, 0.1) is 24.3 Å². The summed E-state index contributed by atoms with van der Waals surface area (Å²) in [6.07, 6.45) is 1.49. The molecular weight excluding hydrogens is 272 g/mol. The lowest BCUT2D eigenvalue weighted by Crippen LogP contribution is -2.47. The zero-order chi connectivity index (χ0) is 14.9. The van der Waals surface area contributed by atoms with E-state index in [1.54, 1.807) is 12.1 Å². The topological polar surface area (TPSA) is 108 Å². The van der Waals surface area contributed by atoms with Gasteiger partial charge in [0.2, 0.25) is 5.91 Å². The maximum absolute atomic E-state index is 12.4. The van der Waals surface area contributed by atoms with Gasteiger partial charge in [-0.3, -0.25) is 4.79 Å². The number of aromatic nitrogens is 4. The van der Waals surface area contributed by atoms with Crippen LogP contribution in [0.5, 0.6) is 0 Å². The molecule has 2 unspecified atom stereocenters. The van der Waals surface area contributed by atoms with Gasteiger partial charge in [0.1, 0.15) is 6.33 Å². The van der Waals surface area contributed by atoms with Gasteiger partial charge in [-0.25, -0.2) is 4.68 Å². The van der Waals surface area contributed by atoms with Crippen molar-refractivity contribution >= 4 is 11.6 Å². The van der Waals surface area contributed by atoms with Crippen molar-refractivity contribution in [3.8, 4) is 5.69 Å². The van der Waals surface area contributed by atoms with Crippen molar-refractivity contribution in [3.63, 3.8) is 0 Å². The highest BCUT2D eigenvalue weighted by Gasteiger charge is 2.44. The van der Waals surface area contributed by atoms with E-state index in [1.165, 1.54) is 11.0 Å². The van der Waals surface area contributed by atoms with Gasteiger partial charge in [-0.1, -0.05) is 6.07 Å². The van der Waals surface area contributed by atoms with Crippen LogP contribution in [0, 0.1) is 5.41 Å². The van der Waals surface area contributed by atoms with Crippen LogP contribution in [0.4, 0.5) is 5.69 Å². The number of hydrogen-bond donors (Lipinski definition) is 2. The molecule has 1 aromatic carbocycles. The van der Waals surface area contributed by atoms with Crippen molar-refractivity contribution in [1.82, 2.24) is 20.2 Å². The molecule has 0 bridgehead atoms. The smallest absolute Gasteiger partial charge is 0.234 e. The van der Waals surface area contributed by atoms with Crippen LogP contribution < -0.4 is 11.1 Å². The molecule has 3 N–H and O–H groups in total. The summed E-state index contributed by atoms with van der Waals surface area (Å²) < 4.78 is 6.81. The molecule has 1 fully saturated rings. The second-order valence-electron chi connectivity index (χ2n) is 5.30. The predicted octanol–water partition coefficient (Wildman–Crippen LogP) is -0.0354. The molecule has 2 aromatic rings. The summed E-state index contributed by atoms with van der Waals surface area (Å²) in [5, 5.41) is 13.9. The summed E-state index contributed by atoms with van der Waals surface area (Å²) in [5.41, 5.74) is 6.66. The Kier molecular flexibility index (Phi) is 3.40. The molecule has 0 spiro atoms. The number of nitrogens with one attached hydrogen (secondary N) is 1. The average Bonchev–Trinajstić information content (AvgIpc) is 3.11. The van der Waals surface area contributed by atoms with Gasteiger partial charge in [0, 0.05) is 11.7 Å². The number of carbonyl (C=O) groups excluding carboxylic acids is 1. The fourth-order valence-electron chi connectivity index (χ4n) is 2.20. The lowest BCUT2D eigenvalue weighted by atomic mass is 9.85. The van der Waals surface area contributed by atoms with Gasteiger partial charge < -0.3 is 15.8 Å². The SMILES string of the molecule is CC1(C(=O)Nc2cccc(-n3cnnn3)c2)COCC1N. The van der Waals surface area contributed by atoms with Crippen molar-refractivity contribution in [3.05, 3.63) is 30.6 Å². The Morgan fingerprint density at radius 3 is 3.10 bits per heavy atom. The molecule has 21 heavy (non-hydrogen) atoms. The van der Waals surface area contributed by atoms with Crippen molar-refractivity contribution < 1.29 is 9.53 Å². The van der Waals surface area contributed by atoms with E-state index < -0.39 is 5.41 Å². The number of rotatable bonds is 3. The summed E-state index contributed by atoms with van der Waals surface area (Å²) in [6.45, 7) is 2.53. The van der Waals surface area contributed by atoms with Crippen molar-refractivity contribution in [2.24, 2.45) is 11.1 Å². The molecule has 2 heterocycles. The number of nitrogens with two attached hydrogens (primary N) is 1. The summed E-state index contributed by atoms with van der Waals surface area (Å²) in [4.78, 5) is 12.4. The molecular formula is C13H16N6O2. The van der Waals surface area contributed by atoms with Crippen LogP contribution in [0.15, 0.2) is 30.6 Å². The molecule has 1 aromatic heterocycles. The normalized spacial score (nSPS) is 25.0. The number of amides is 1. The number of tetrazole rings is 1. The Hall–Kier alpha value is -2.32. The number of benzene rings is 1. The Bertz CT molecular complexity index is 644. The molecule has 0 radical (unpaired) electrons. The first-order valence-electron chi connectivity index (χ1n) is 6.58. The van der Waals surface area contributed by atoms with Gasteiger partial charge in [-0.2, -0.15) is 0 Å². The van der Waals surface area contributed by atoms with Gasteiger partial charge in [0.25, 0.3) is 0 Å². The number of ether oxygens (including phenoxy) is 1. The van der Waals surface area contributed by atoms with Crippen LogP contribution in [-0.4, -0.2) is 45.4 Å². The fourth-order valence-corrected chi connectivity index (χ4v) is 2.20. The van der Waals surface area contributed by atoms with E-state index in [0.29, 0.717) is 18.9 Å². The molecule has 1 saturated heterocycles. The monoisotopic (exact) mass is 288 g/mol. The molecule has 0 saturated carbocycles. The van der Waals surface area contributed by atoms with E-state index in [4.69, 9.17) is 10.5 Å². The highest BCUT2D eigenvalue weighted by molar-refractivity contribution is 5.96. The third-order valence-electron chi connectivity index (χ3n) is 3.75. The minimum absolute atomic E-state index is 0.152. The predicted molar refractivity (Wildman–Crippen MR) is 74.7 cm³/mol. The largest absolute Gasteiger partial charge is 0.379 e. The molecule has 8 nitrogen and oxygen atoms in total. The van der Waals surface area contributed by atoms with Crippen LogP contribution in [0.25, 0.3) is 5.69 Å². The van der Waals surface area contributed by atoms with Crippen LogP contribution in [0.3, 0.4) is 0 Å². The maximum Gasteiger partial charge on any atom is 0.234 e. The summed E-state index contributed by atoms with van der Waals surface area (Å²) in [7, 11) is 0. The van der Waals surface area contributed by atoms with Gasteiger partial charge in [-0.05, 0) is 35.5 Å². The molecule has 3 rings (SSSR count). The van der Waals surface area contributed by atoms with Crippen molar-refractivity contribution in [1.29, 1.82) is 0 Å². The minimum atomic E-state index is -0.717. The Labute approximate surface area is 121 Å². The van der Waals surface area contributed by atoms with E-state index in [-0.39, 0.29) is 11.9 Å². The van der Waals surface area contributed by atoms with E-state index >= 15 is 0 Å². The number of anilines is 1. The van der Waals surface area contributed by atoms with E-state index in [1.807, 2.05) is 19.1 Å². The van der Waals surface area contributed by atoms with Crippen molar-refractivity contribution in [2.45, 2.75) is 13.0 Å². The number of nitrogens with zero attached hydrogens (tertiary/aromatic N) is 4. The molecule has 1 amide bonds. The zero-order valence-electron chi connectivity index (χ0n) is 11.6. The molecule has 0 aliphatic carbocycles. The fraction of sp³-hybridized carbons (Fsp3) is 0.385. The Morgan fingerprint density at radius 1 is 1.57 bits per heavy atom. The standard InChI is InChI=1S/C13H16N6O2/c1-13(7-21-6-11(13)14)12(20)16-9-3-2-4-10(5-9)19-8-15-17-18-19/h2-5,8,11H,6-7,14H2,1H3,(H,16,20). The summed E-state index contributed by atoms with van der Waals surface area (Å²) in [6, 6.07) is 6.95. The maximum atomic E-state index is 12.4. The highest BCUT2D eigenvalue weighted by Crippen LogP contribution is 2.29. The number of hydrogen-bond acceptors (Lipinski definition) is 6. The zero-order valence-corrected chi connectivity index (χ0v) is 11.6. The van der Waals surface area contributed by atoms with E-state index in [9.17, 15) is 4.79 Å². The molecule has 1 aliphatic rings. The third kappa shape index (κ3) is 2.50. The Morgan fingerprint density at radius 2 is 2.43 bits per heavy atom. The highest BCUT2D eigenvalue weighted by atomic mass is 16.5. The van der Waals surface area contributed by atoms with Crippen LogP contribution in [-0.2, 0) is 9.53 Å². The Balaban J connectivity index is 1.79. The quantitative estimate of drug-likeness (QED) is 0.820. The van der Waals surface area contributed by atoms with Crippen molar-refractivity contribution in [2.75, 3.05) is 18.5 Å². The third-order valence-corrected chi connectivity index (χ3v) is 3.75. The lowest BCUT2D eigenvalue weighted by Gasteiger charge is -2.25. The van der Waals surface area contributed by atoms with Crippen LogP contribution in [0.2, 0.25) is 0 Å². The number of carbonyl (C=O) groups is 1. The van der Waals surface area contributed by atoms with Gasteiger partial charge >= 0.3 is 0 Å². The molecule has 8 heteroatoms. The second-order valence-corrected chi connectivity index (χ2v) is 5.30. The summed E-state index contributed by atoms with van der Waals surface area (Å²) >= 11 is 0. The van der Waals surface area contributed by atoms with E-state index in [0.717, 1.165) is 5.69 Å². The lowest BCUT2D eigenvalue weighted by molar-refractivity contribution is -0.125. The molecule has 2 atom stereocenters. The molecule has 1 aliphatic heterocycles. The average molecular weight is 288 g/mol. The first kappa shape index (κ1) is 13.7. The summed E-state index contributed by atoms with van der Waals surface area (Å²) in [5.74, 6) is -0.152. The van der Waals surface area contributed by atoms with Gasteiger partial charge in [0.15, 0.2) is 0 Å². The first-order valence-corrected chi connectivity index (χ1v) is 6.58. The first-order chi connectivity index (χ1) is 10.1. The molecule has 110 valence electrons.